The lowest BCUT2D eigenvalue weighted by Gasteiger charge is -2.25. The highest BCUT2D eigenvalue weighted by atomic mass is 16.2. The summed E-state index contributed by atoms with van der Waals surface area (Å²) in [6, 6.07) is 1.17. The first-order chi connectivity index (χ1) is 9.69. The maximum absolute atomic E-state index is 12.6. The topological polar surface area (TPSA) is 49.3 Å². The molecule has 20 heavy (non-hydrogen) atoms. The van der Waals surface area contributed by atoms with E-state index in [0.717, 1.165) is 31.8 Å². The number of carbonyl (C=O) groups excluding carboxylic acids is 1. The Labute approximate surface area is 120 Å². The Kier molecular flexibility index (Phi) is 3.70. The van der Waals surface area contributed by atoms with Crippen molar-refractivity contribution in [3.63, 3.8) is 0 Å². The molecular weight excluding hydrogens is 252 g/mol. The molecule has 2 aliphatic rings. The number of amides is 1. The van der Waals surface area contributed by atoms with Crippen molar-refractivity contribution in [3.05, 3.63) is 23.8 Å². The average molecular weight is 274 g/mol. The summed E-state index contributed by atoms with van der Waals surface area (Å²) >= 11 is 0. The minimum Gasteiger partial charge on any atom is -0.337 e. The lowest BCUT2D eigenvalue weighted by Crippen LogP contribution is -2.39. The first-order valence-electron chi connectivity index (χ1n) is 7.51. The summed E-state index contributed by atoms with van der Waals surface area (Å²) in [5, 5.41) is 0. The van der Waals surface area contributed by atoms with Crippen LogP contribution in [0.1, 0.15) is 42.4 Å². The predicted molar refractivity (Wildman–Crippen MR) is 76.5 cm³/mol. The van der Waals surface area contributed by atoms with E-state index in [9.17, 15) is 4.79 Å². The van der Waals surface area contributed by atoms with Crippen LogP contribution in [-0.2, 0) is 6.42 Å². The van der Waals surface area contributed by atoms with Crippen molar-refractivity contribution in [3.8, 4) is 0 Å². The zero-order valence-electron chi connectivity index (χ0n) is 12.2. The van der Waals surface area contributed by atoms with Gasteiger partial charge in [0.15, 0.2) is 0 Å². The highest BCUT2D eigenvalue weighted by molar-refractivity contribution is 5.93. The zero-order chi connectivity index (χ0) is 14.1. The molecule has 0 aliphatic carbocycles. The minimum atomic E-state index is 0.0774. The maximum Gasteiger partial charge on any atom is 0.257 e. The Hall–Kier alpha value is -1.49. The molecule has 5 heteroatoms. The molecule has 2 fully saturated rings. The van der Waals surface area contributed by atoms with Gasteiger partial charge in [0.1, 0.15) is 5.82 Å². The van der Waals surface area contributed by atoms with Gasteiger partial charge in [0, 0.05) is 44.0 Å². The quantitative estimate of drug-likeness (QED) is 0.817. The molecule has 0 radical (unpaired) electrons. The standard InChI is InChI=1S/C15H22N4O/c1-3-14-16-8-11(9-17-14)15(20)19-7-6-12-4-5-13(10-19)18(12)2/h8-9,12-13H,3-7,10H2,1-2H3/t12-,13+/m1/s1. The normalized spacial score (nSPS) is 26.6. The second kappa shape index (κ2) is 5.48. The molecule has 0 spiro atoms. The second-order valence-corrected chi connectivity index (χ2v) is 5.83. The molecule has 0 saturated carbocycles. The van der Waals surface area contributed by atoms with E-state index in [0.29, 0.717) is 17.6 Å². The molecule has 3 heterocycles. The van der Waals surface area contributed by atoms with Crippen LogP contribution in [0.3, 0.4) is 0 Å². The Bertz CT molecular complexity index is 487. The first kappa shape index (κ1) is 13.5. The number of aromatic nitrogens is 2. The van der Waals surface area contributed by atoms with Crippen LogP contribution in [0.5, 0.6) is 0 Å². The van der Waals surface area contributed by atoms with Gasteiger partial charge in [-0.05, 0) is 26.3 Å². The molecule has 0 N–H and O–H groups in total. The van der Waals surface area contributed by atoms with E-state index in [1.54, 1.807) is 12.4 Å². The lowest BCUT2D eigenvalue weighted by molar-refractivity contribution is 0.0739. The third-order valence-electron chi connectivity index (χ3n) is 4.70. The summed E-state index contributed by atoms with van der Waals surface area (Å²) < 4.78 is 0. The number of nitrogens with zero attached hydrogens (tertiary/aromatic N) is 4. The zero-order valence-corrected chi connectivity index (χ0v) is 12.2. The third-order valence-corrected chi connectivity index (χ3v) is 4.70. The van der Waals surface area contributed by atoms with E-state index in [-0.39, 0.29) is 5.91 Å². The molecule has 2 atom stereocenters. The van der Waals surface area contributed by atoms with Gasteiger partial charge in [-0.25, -0.2) is 9.97 Å². The van der Waals surface area contributed by atoms with E-state index in [1.807, 2.05) is 11.8 Å². The van der Waals surface area contributed by atoms with Crippen LogP contribution >= 0.6 is 0 Å². The number of fused-ring (bicyclic) bond motifs is 2. The molecule has 1 amide bonds. The van der Waals surface area contributed by atoms with Gasteiger partial charge in [0.25, 0.3) is 5.91 Å². The van der Waals surface area contributed by atoms with Gasteiger partial charge < -0.3 is 4.90 Å². The van der Waals surface area contributed by atoms with Crippen LogP contribution in [0, 0.1) is 0 Å². The van der Waals surface area contributed by atoms with Crippen LogP contribution in [0.4, 0.5) is 0 Å². The summed E-state index contributed by atoms with van der Waals surface area (Å²) in [7, 11) is 2.19. The number of hydrogen-bond acceptors (Lipinski definition) is 4. The Balaban J connectivity index is 1.73. The predicted octanol–water partition coefficient (Wildman–Crippen LogP) is 1.35. The number of likely N-dealkylation sites (N-methyl/N-ethyl adjacent to an activating group) is 1. The van der Waals surface area contributed by atoms with Crippen molar-refractivity contribution < 1.29 is 4.79 Å². The second-order valence-electron chi connectivity index (χ2n) is 5.83. The van der Waals surface area contributed by atoms with E-state index in [1.165, 1.54) is 12.8 Å². The fourth-order valence-electron chi connectivity index (χ4n) is 3.32. The summed E-state index contributed by atoms with van der Waals surface area (Å²) in [6.45, 7) is 3.69. The minimum absolute atomic E-state index is 0.0774. The number of carbonyl (C=O) groups is 1. The lowest BCUT2D eigenvalue weighted by atomic mass is 10.1. The van der Waals surface area contributed by atoms with Crippen LogP contribution in [-0.4, -0.2) is 57.9 Å². The Morgan fingerprint density at radius 1 is 1.25 bits per heavy atom. The number of aryl methyl sites for hydroxylation is 1. The molecule has 0 unspecified atom stereocenters. The summed E-state index contributed by atoms with van der Waals surface area (Å²) in [5.74, 6) is 0.866. The Morgan fingerprint density at radius 3 is 2.65 bits per heavy atom. The SMILES string of the molecule is CCc1ncc(C(=O)N2CC[C@H]3CC[C@@H](C2)N3C)cn1. The number of likely N-dealkylation sites (tertiary alicyclic amines) is 1. The maximum atomic E-state index is 12.6. The largest absolute Gasteiger partial charge is 0.337 e. The van der Waals surface area contributed by atoms with Gasteiger partial charge in [-0.15, -0.1) is 0 Å². The van der Waals surface area contributed by atoms with Crippen LogP contribution in [0.15, 0.2) is 12.4 Å². The summed E-state index contributed by atoms with van der Waals surface area (Å²) in [4.78, 5) is 25.4. The number of hydrogen-bond donors (Lipinski definition) is 0. The van der Waals surface area contributed by atoms with E-state index < -0.39 is 0 Å². The van der Waals surface area contributed by atoms with Gasteiger partial charge in [-0.1, -0.05) is 6.92 Å². The highest BCUT2D eigenvalue weighted by Gasteiger charge is 2.36. The van der Waals surface area contributed by atoms with E-state index >= 15 is 0 Å². The average Bonchev–Trinajstić information content (AvgIpc) is 2.72. The Morgan fingerprint density at radius 2 is 1.95 bits per heavy atom. The van der Waals surface area contributed by atoms with Crippen molar-refractivity contribution in [1.29, 1.82) is 0 Å². The van der Waals surface area contributed by atoms with Crippen molar-refractivity contribution in [2.45, 2.75) is 44.7 Å². The summed E-state index contributed by atoms with van der Waals surface area (Å²) in [5.41, 5.74) is 0.614. The van der Waals surface area contributed by atoms with E-state index in [2.05, 4.69) is 21.9 Å². The van der Waals surface area contributed by atoms with Crippen LogP contribution in [0.2, 0.25) is 0 Å². The molecule has 2 bridgehead atoms. The van der Waals surface area contributed by atoms with Gasteiger partial charge in [0.2, 0.25) is 0 Å². The van der Waals surface area contributed by atoms with Gasteiger partial charge in [-0.2, -0.15) is 0 Å². The third kappa shape index (κ3) is 2.42. The molecule has 1 aromatic rings. The van der Waals surface area contributed by atoms with Crippen molar-refractivity contribution in [2.24, 2.45) is 0 Å². The van der Waals surface area contributed by atoms with Crippen LogP contribution < -0.4 is 0 Å². The molecular formula is C15H22N4O. The highest BCUT2D eigenvalue weighted by Crippen LogP contribution is 2.28. The molecule has 5 nitrogen and oxygen atoms in total. The fraction of sp³-hybridized carbons (Fsp3) is 0.667. The fourth-order valence-corrected chi connectivity index (χ4v) is 3.32. The van der Waals surface area contributed by atoms with Crippen molar-refractivity contribution >= 4 is 5.91 Å². The molecule has 3 rings (SSSR count). The first-order valence-corrected chi connectivity index (χ1v) is 7.51. The van der Waals surface area contributed by atoms with Gasteiger partial charge in [-0.3, -0.25) is 9.69 Å². The number of rotatable bonds is 2. The molecule has 1 aromatic heterocycles. The van der Waals surface area contributed by atoms with Crippen LogP contribution in [0.25, 0.3) is 0 Å². The van der Waals surface area contributed by atoms with Gasteiger partial charge in [0.05, 0.1) is 5.56 Å². The molecule has 2 aliphatic heterocycles. The van der Waals surface area contributed by atoms with E-state index in [4.69, 9.17) is 0 Å². The molecule has 108 valence electrons. The monoisotopic (exact) mass is 274 g/mol. The molecule has 2 saturated heterocycles. The van der Waals surface area contributed by atoms with Crippen molar-refractivity contribution in [1.82, 2.24) is 19.8 Å². The van der Waals surface area contributed by atoms with Gasteiger partial charge >= 0.3 is 0 Å². The summed E-state index contributed by atoms with van der Waals surface area (Å²) in [6.07, 6.45) is 7.69. The smallest absolute Gasteiger partial charge is 0.257 e. The van der Waals surface area contributed by atoms with Crippen molar-refractivity contribution in [2.75, 3.05) is 20.1 Å². The molecule has 0 aromatic carbocycles.